The van der Waals surface area contributed by atoms with Crippen LogP contribution in [0.25, 0.3) is 11.1 Å². The van der Waals surface area contributed by atoms with Crippen molar-refractivity contribution >= 4 is 17.5 Å². The summed E-state index contributed by atoms with van der Waals surface area (Å²) in [6, 6.07) is 19.1. The summed E-state index contributed by atoms with van der Waals surface area (Å²) in [5.41, 5.74) is 3.97. The Balaban J connectivity index is 0.00000274. The van der Waals surface area contributed by atoms with E-state index in [9.17, 15) is 4.39 Å². The molecule has 1 aliphatic rings. The van der Waals surface area contributed by atoms with E-state index in [1.165, 1.54) is 11.6 Å². The van der Waals surface area contributed by atoms with Gasteiger partial charge in [0.2, 0.25) is 5.95 Å². The van der Waals surface area contributed by atoms with E-state index in [1.807, 2.05) is 44.3 Å². The summed E-state index contributed by atoms with van der Waals surface area (Å²) in [5, 5.41) is 3.11. The monoisotopic (exact) mass is 443 g/mol. The fourth-order valence-corrected chi connectivity index (χ4v) is 4.00. The first-order chi connectivity index (χ1) is 16.1. The number of likely N-dealkylation sites (N-methyl/N-ethyl adjacent to an activating group) is 1. The minimum Gasteiger partial charge on any atom is -0.486 e. The number of ether oxygens (including phenoxy) is 1. The number of aromatic nitrogens is 3. The number of fused-ring (bicyclic) bond motifs is 1. The molecule has 0 saturated heterocycles. The van der Waals surface area contributed by atoms with Crippen LogP contribution in [-0.2, 0) is 6.42 Å². The van der Waals surface area contributed by atoms with Gasteiger partial charge in [-0.2, -0.15) is 4.98 Å². The quantitative estimate of drug-likeness (QED) is 0.445. The summed E-state index contributed by atoms with van der Waals surface area (Å²) in [6.45, 7) is 2.45. The third-order valence-electron chi connectivity index (χ3n) is 5.80. The third kappa shape index (κ3) is 4.48. The maximum absolute atomic E-state index is 14.8. The molecule has 0 fully saturated rings. The van der Waals surface area contributed by atoms with Crippen LogP contribution in [0, 0.1) is 12.7 Å². The van der Waals surface area contributed by atoms with Crippen LogP contribution in [-0.4, -0.2) is 34.6 Å². The van der Waals surface area contributed by atoms with Gasteiger partial charge in [-0.3, -0.25) is 4.98 Å². The predicted molar refractivity (Wildman–Crippen MR) is 130 cm³/mol. The molecular formula is C26H26FN5O. The van der Waals surface area contributed by atoms with Gasteiger partial charge < -0.3 is 15.0 Å². The van der Waals surface area contributed by atoms with Crippen molar-refractivity contribution in [2.24, 2.45) is 0 Å². The first-order valence-corrected chi connectivity index (χ1v) is 10.8. The normalized spacial score (nSPS) is 15.0. The highest BCUT2D eigenvalue weighted by Crippen LogP contribution is 2.33. The maximum Gasteiger partial charge on any atom is 0.229 e. The Morgan fingerprint density at radius 3 is 2.76 bits per heavy atom. The molecular weight excluding hydrogens is 417 g/mol. The second-order valence-corrected chi connectivity index (χ2v) is 8.15. The second-order valence-electron chi connectivity index (χ2n) is 8.15. The molecule has 1 aliphatic heterocycles. The van der Waals surface area contributed by atoms with Crippen LogP contribution in [0.3, 0.4) is 0 Å². The average molecular weight is 444 g/mol. The standard InChI is InChI=1S/C26H24FN5O.H2/c1-17-12-19(10-11-28-17)22-9-8-20(14-23(22)27)30-26-29-15-24-25(31-26)32(2)21(16-33-24)13-18-6-4-3-5-7-18;/h3-12,14-15,21H,13,16H2,1-2H3,(H,29,30,31);1H. The van der Waals surface area contributed by atoms with Crippen molar-refractivity contribution in [2.75, 3.05) is 23.9 Å². The van der Waals surface area contributed by atoms with Gasteiger partial charge in [0.15, 0.2) is 11.6 Å². The van der Waals surface area contributed by atoms with Gasteiger partial charge in [-0.05, 0) is 54.8 Å². The predicted octanol–water partition coefficient (Wildman–Crippen LogP) is 5.42. The minimum absolute atomic E-state index is 0. The van der Waals surface area contributed by atoms with E-state index in [1.54, 1.807) is 24.5 Å². The highest BCUT2D eigenvalue weighted by Gasteiger charge is 2.27. The van der Waals surface area contributed by atoms with Gasteiger partial charge in [-0.25, -0.2) is 9.37 Å². The SMILES string of the molecule is Cc1cc(-c2ccc(Nc3ncc4c(n3)N(C)C(Cc3ccccc3)CO4)cc2F)ccn1.[HH]. The van der Waals surface area contributed by atoms with Crippen molar-refractivity contribution in [1.82, 2.24) is 15.0 Å². The zero-order valence-electron chi connectivity index (χ0n) is 18.5. The van der Waals surface area contributed by atoms with Crippen LogP contribution < -0.4 is 15.0 Å². The van der Waals surface area contributed by atoms with Gasteiger partial charge in [0.1, 0.15) is 12.4 Å². The zero-order chi connectivity index (χ0) is 22.8. The molecule has 7 heteroatoms. The van der Waals surface area contributed by atoms with Crippen molar-refractivity contribution in [3.63, 3.8) is 0 Å². The van der Waals surface area contributed by atoms with Crippen LogP contribution >= 0.6 is 0 Å². The van der Waals surface area contributed by atoms with Gasteiger partial charge >= 0.3 is 0 Å². The topological polar surface area (TPSA) is 63.2 Å². The highest BCUT2D eigenvalue weighted by atomic mass is 19.1. The molecule has 4 aromatic rings. The molecule has 6 nitrogen and oxygen atoms in total. The number of rotatable bonds is 5. The first-order valence-electron chi connectivity index (χ1n) is 10.8. The van der Waals surface area contributed by atoms with Crippen LogP contribution in [0.4, 0.5) is 21.8 Å². The number of nitrogens with one attached hydrogen (secondary N) is 1. The largest absolute Gasteiger partial charge is 0.486 e. The van der Waals surface area contributed by atoms with Crippen molar-refractivity contribution in [3.8, 4) is 16.9 Å². The van der Waals surface area contributed by atoms with E-state index in [2.05, 4.69) is 37.3 Å². The summed E-state index contributed by atoms with van der Waals surface area (Å²) in [6.07, 6.45) is 4.19. The summed E-state index contributed by atoms with van der Waals surface area (Å²) in [7, 11) is 2.01. The summed E-state index contributed by atoms with van der Waals surface area (Å²) in [4.78, 5) is 15.3. The summed E-state index contributed by atoms with van der Waals surface area (Å²) in [5.74, 6) is 1.41. The smallest absolute Gasteiger partial charge is 0.229 e. The molecule has 0 aliphatic carbocycles. The number of hydrogen-bond acceptors (Lipinski definition) is 6. The van der Waals surface area contributed by atoms with Gasteiger partial charge in [-0.15, -0.1) is 0 Å². The number of nitrogens with zero attached hydrogens (tertiary/aromatic N) is 4. The molecule has 0 amide bonds. The maximum atomic E-state index is 14.8. The molecule has 33 heavy (non-hydrogen) atoms. The molecule has 2 aromatic heterocycles. The first kappa shape index (κ1) is 20.9. The van der Waals surface area contributed by atoms with Gasteiger partial charge in [0, 0.05) is 31.6 Å². The molecule has 3 heterocycles. The van der Waals surface area contributed by atoms with Crippen LogP contribution in [0.5, 0.6) is 5.75 Å². The Hall–Kier alpha value is -4.00. The second kappa shape index (κ2) is 8.86. The molecule has 0 saturated carbocycles. The van der Waals surface area contributed by atoms with Gasteiger partial charge in [0.05, 0.1) is 12.2 Å². The van der Waals surface area contributed by atoms with Crippen LogP contribution in [0.15, 0.2) is 73.1 Å². The molecule has 0 bridgehead atoms. The molecule has 0 spiro atoms. The van der Waals surface area contributed by atoms with Crippen LogP contribution in [0.2, 0.25) is 0 Å². The third-order valence-corrected chi connectivity index (χ3v) is 5.80. The molecule has 2 aromatic carbocycles. The summed E-state index contributed by atoms with van der Waals surface area (Å²) < 4.78 is 20.8. The Bertz CT molecular complexity index is 1290. The Morgan fingerprint density at radius 2 is 1.97 bits per heavy atom. The lowest BCUT2D eigenvalue weighted by Gasteiger charge is -2.34. The number of hydrogen-bond donors (Lipinski definition) is 1. The summed E-state index contributed by atoms with van der Waals surface area (Å²) >= 11 is 0. The van der Waals surface area contributed by atoms with E-state index in [4.69, 9.17) is 4.74 Å². The lowest BCUT2D eigenvalue weighted by atomic mass is 10.0. The van der Waals surface area contributed by atoms with E-state index < -0.39 is 0 Å². The van der Waals surface area contributed by atoms with E-state index in [-0.39, 0.29) is 13.3 Å². The number of anilines is 3. The fraction of sp³-hybridized carbons (Fsp3) is 0.192. The Kier molecular flexibility index (Phi) is 5.60. The Labute approximate surface area is 193 Å². The minimum atomic E-state index is -0.327. The van der Waals surface area contributed by atoms with E-state index >= 15 is 0 Å². The number of halogens is 1. The van der Waals surface area contributed by atoms with Crippen molar-refractivity contribution in [2.45, 2.75) is 19.4 Å². The van der Waals surface area contributed by atoms with Gasteiger partial charge in [-0.1, -0.05) is 30.3 Å². The molecule has 0 radical (unpaired) electrons. The van der Waals surface area contributed by atoms with Crippen LogP contribution in [0.1, 0.15) is 12.7 Å². The van der Waals surface area contributed by atoms with E-state index in [0.29, 0.717) is 35.4 Å². The molecule has 168 valence electrons. The molecule has 1 atom stereocenters. The molecule has 1 unspecified atom stereocenters. The number of pyridine rings is 1. The van der Waals surface area contributed by atoms with Gasteiger partial charge in [0.25, 0.3) is 0 Å². The van der Waals surface area contributed by atoms with Crippen molar-refractivity contribution < 1.29 is 10.6 Å². The average Bonchev–Trinajstić information content (AvgIpc) is 2.82. The number of benzene rings is 2. The van der Waals surface area contributed by atoms with E-state index in [0.717, 1.165) is 17.7 Å². The lowest BCUT2D eigenvalue weighted by Crippen LogP contribution is -2.42. The number of aryl methyl sites for hydroxylation is 1. The molecule has 5 rings (SSSR count). The molecule has 1 N–H and O–H groups in total. The van der Waals surface area contributed by atoms with Crippen molar-refractivity contribution in [3.05, 3.63) is 90.1 Å². The fourth-order valence-electron chi connectivity index (χ4n) is 4.00. The lowest BCUT2D eigenvalue weighted by molar-refractivity contribution is 0.262. The van der Waals surface area contributed by atoms with Crippen molar-refractivity contribution in [1.29, 1.82) is 0 Å². The zero-order valence-corrected chi connectivity index (χ0v) is 18.5. The highest BCUT2D eigenvalue weighted by molar-refractivity contribution is 5.68. The Morgan fingerprint density at radius 1 is 1.12 bits per heavy atom.